The summed E-state index contributed by atoms with van der Waals surface area (Å²) < 4.78 is 0. The SMILES string of the molecule is Cc1ccccc1C(C)(C)c1cc2c(cc1CCc1ccc3c4cccc5c(N6c7ccccc7C(C)(C)c7cc8c(cc76)C(C)(C)c6ccccc6-8)ccc(c6cccc1c36)c54)C(C)(C)c1ccccc1-2. The molecule has 11 aromatic rings. The number of fused-ring (bicyclic) bond motifs is 10. The molecule has 0 spiro atoms. The van der Waals surface area contributed by atoms with Gasteiger partial charge in [0.25, 0.3) is 0 Å². The van der Waals surface area contributed by atoms with Gasteiger partial charge in [-0.05, 0) is 171 Å². The third-order valence-corrected chi connectivity index (χ3v) is 18.4. The van der Waals surface area contributed by atoms with Crippen LogP contribution in [0, 0.1) is 6.92 Å². The summed E-state index contributed by atoms with van der Waals surface area (Å²) in [6.45, 7) is 21.6. The van der Waals surface area contributed by atoms with Gasteiger partial charge in [-0.15, -0.1) is 0 Å². The minimum Gasteiger partial charge on any atom is -0.309 e. The van der Waals surface area contributed by atoms with E-state index in [-0.39, 0.29) is 21.7 Å². The lowest BCUT2D eigenvalue weighted by atomic mass is 9.71. The molecule has 1 nitrogen and oxygen atoms in total. The van der Waals surface area contributed by atoms with Crippen molar-refractivity contribution in [1.29, 1.82) is 0 Å². The molecule has 0 N–H and O–H groups in total. The van der Waals surface area contributed by atoms with E-state index in [1.54, 1.807) is 0 Å². The van der Waals surface area contributed by atoms with E-state index in [1.807, 2.05) is 0 Å². The molecule has 0 atom stereocenters. The minimum absolute atomic E-state index is 0.0680. The molecule has 0 fully saturated rings. The van der Waals surface area contributed by atoms with Crippen LogP contribution in [0.2, 0.25) is 0 Å². The second kappa shape index (κ2) is 14.8. The van der Waals surface area contributed by atoms with Gasteiger partial charge in [0.05, 0.1) is 17.1 Å². The lowest BCUT2D eigenvalue weighted by molar-refractivity contribution is 0.621. The van der Waals surface area contributed by atoms with Crippen molar-refractivity contribution in [2.45, 2.75) is 96.8 Å². The van der Waals surface area contributed by atoms with E-state index >= 15 is 0 Å². The molecule has 1 heteroatoms. The average Bonchev–Trinajstić information content (AvgIpc) is 3.76. The van der Waals surface area contributed by atoms with E-state index < -0.39 is 0 Å². The molecule has 1 heterocycles. The zero-order valence-corrected chi connectivity index (χ0v) is 43.2. The zero-order chi connectivity index (χ0) is 49.2. The third kappa shape index (κ3) is 5.71. The van der Waals surface area contributed by atoms with Gasteiger partial charge in [0.15, 0.2) is 0 Å². The van der Waals surface area contributed by atoms with Gasteiger partial charge in [-0.2, -0.15) is 0 Å². The van der Waals surface area contributed by atoms with Gasteiger partial charge in [-0.25, -0.2) is 0 Å². The molecule has 3 aliphatic rings. The highest BCUT2D eigenvalue weighted by molar-refractivity contribution is 6.34. The molecule has 72 heavy (non-hydrogen) atoms. The quantitative estimate of drug-likeness (QED) is 0.119. The Morgan fingerprint density at radius 3 is 1.56 bits per heavy atom. The number of anilines is 3. The minimum atomic E-state index is -0.195. The number of rotatable bonds is 6. The number of hydrogen-bond donors (Lipinski definition) is 0. The molecule has 0 unspecified atom stereocenters. The summed E-state index contributed by atoms with van der Waals surface area (Å²) in [6, 6.07) is 70.4. The van der Waals surface area contributed by atoms with Gasteiger partial charge in [-0.1, -0.05) is 207 Å². The van der Waals surface area contributed by atoms with Crippen molar-refractivity contribution in [2.24, 2.45) is 0 Å². The van der Waals surface area contributed by atoms with Crippen LogP contribution in [0.1, 0.15) is 117 Å². The molecule has 0 aromatic heterocycles. The van der Waals surface area contributed by atoms with E-state index in [0.29, 0.717) is 0 Å². The number of hydrogen-bond acceptors (Lipinski definition) is 1. The highest BCUT2D eigenvalue weighted by Crippen LogP contribution is 2.59. The second-order valence-corrected chi connectivity index (χ2v) is 23.6. The molecule has 350 valence electrons. The Hall–Kier alpha value is -7.48. The molecular weight excluding hydrogens is 867 g/mol. The number of benzene rings is 11. The van der Waals surface area contributed by atoms with Crippen molar-refractivity contribution in [3.05, 3.63) is 243 Å². The fraction of sp³-hybridized carbons (Fsp3) is 0.211. The van der Waals surface area contributed by atoms with Crippen LogP contribution in [0.15, 0.2) is 182 Å². The van der Waals surface area contributed by atoms with E-state index in [1.165, 1.54) is 144 Å². The third-order valence-electron chi connectivity index (χ3n) is 18.4. The topological polar surface area (TPSA) is 3.24 Å². The predicted octanol–water partition coefficient (Wildman–Crippen LogP) is 18.9. The Morgan fingerprint density at radius 2 is 0.861 bits per heavy atom. The van der Waals surface area contributed by atoms with Crippen molar-refractivity contribution in [1.82, 2.24) is 0 Å². The molecule has 11 aromatic carbocycles. The Labute approximate surface area is 425 Å². The van der Waals surface area contributed by atoms with Gasteiger partial charge in [-0.3, -0.25) is 0 Å². The highest BCUT2D eigenvalue weighted by atomic mass is 15.2. The molecule has 0 saturated carbocycles. The summed E-state index contributed by atoms with van der Waals surface area (Å²) in [4.78, 5) is 2.60. The summed E-state index contributed by atoms with van der Waals surface area (Å²) in [5, 5.41) is 10.7. The Kier molecular flexibility index (Phi) is 8.90. The van der Waals surface area contributed by atoms with E-state index in [2.05, 4.69) is 249 Å². The first-order valence-corrected chi connectivity index (χ1v) is 26.3. The summed E-state index contributed by atoms with van der Waals surface area (Å²) in [6.07, 6.45) is 1.91. The van der Waals surface area contributed by atoms with Crippen molar-refractivity contribution in [2.75, 3.05) is 4.90 Å². The highest BCUT2D eigenvalue weighted by Gasteiger charge is 2.43. The van der Waals surface area contributed by atoms with Gasteiger partial charge >= 0.3 is 0 Å². The lowest BCUT2D eigenvalue weighted by Crippen LogP contribution is -2.31. The van der Waals surface area contributed by atoms with E-state index in [4.69, 9.17) is 0 Å². The molecular formula is C71H61N. The largest absolute Gasteiger partial charge is 0.309 e. The Morgan fingerprint density at radius 1 is 0.347 bits per heavy atom. The van der Waals surface area contributed by atoms with Crippen LogP contribution < -0.4 is 4.90 Å². The van der Waals surface area contributed by atoms with Crippen LogP contribution in [-0.2, 0) is 34.5 Å². The predicted molar refractivity (Wildman–Crippen MR) is 307 cm³/mol. The molecule has 0 bridgehead atoms. The molecule has 0 amide bonds. The smallest absolute Gasteiger partial charge is 0.0540 e. The molecule has 2 aliphatic carbocycles. The second-order valence-electron chi connectivity index (χ2n) is 23.6. The summed E-state index contributed by atoms with van der Waals surface area (Å²) >= 11 is 0. The van der Waals surface area contributed by atoms with Crippen LogP contribution in [0.25, 0.3) is 65.3 Å². The van der Waals surface area contributed by atoms with Crippen LogP contribution in [0.4, 0.5) is 17.1 Å². The Bertz CT molecular complexity index is 4100. The van der Waals surface area contributed by atoms with Gasteiger partial charge in [0.1, 0.15) is 0 Å². The summed E-state index contributed by atoms with van der Waals surface area (Å²) in [7, 11) is 0. The van der Waals surface area contributed by atoms with Crippen molar-refractivity contribution >= 4 is 60.2 Å². The number of aryl methyl sites for hydroxylation is 3. The zero-order valence-electron chi connectivity index (χ0n) is 43.2. The van der Waals surface area contributed by atoms with Crippen LogP contribution in [-0.4, -0.2) is 0 Å². The Balaban J connectivity index is 0.920. The molecule has 0 saturated heterocycles. The first kappa shape index (κ1) is 43.3. The van der Waals surface area contributed by atoms with Gasteiger partial charge < -0.3 is 4.90 Å². The maximum absolute atomic E-state index is 2.60. The molecule has 0 radical (unpaired) electrons. The normalized spacial score (nSPS) is 15.7. The maximum atomic E-state index is 2.60. The van der Waals surface area contributed by atoms with Crippen molar-refractivity contribution < 1.29 is 0 Å². The van der Waals surface area contributed by atoms with E-state index in [9.17, 15) is 0 Å². The average molecular weight is 928 g/mol. The molecule has 1 aliphatic heterocycles. The standard InChI is InChI=1S/C71H61N/c1-42-20-10-13-27-55(42)68(2,3)59-39-53-46-21-11-14-28-56(46)69(4,5)60(53)38-44(59)33-32-43-34-35-50-49-25-19-26-52-63(37-36-51(67(49)52)48-24-18-23-45(43)66(48)50)72-64-31-17-16-30-58(64)71(8,9)62-40-54-47-22-12-15-29-57(47)70(6,7)61(54)41-65(62)72/h10-31,34-41H,32-33H2,1-9H3. The van der Waals surface area contributed by atoms with Crippen LogP contribution in [0.3, 0.4) is 0 Å². The van der Waals surface area contributed by atoms with Crippen LogP contribution in [0.5, 0.6) is 0 Å². The fourth-order valence-electron chi connectivity index (χ4n) is 14.6. The van der Waals surface area contributed by atoms with Crippen molar-refractivity contribution in [3.8, 4) is 22.3 Å². The lowest BCUT2D eigenvalue weighted by Gasteiger charge is -2.43. The summed E-state index contributed by atoms with van der Waals surface area (Å²) in [5.41, 5.74) is 24.2. The first-order valence-electron chi connectivity index (χ1n) is 26.3. The maximum Gasteiger partial charge on any atom is 0.0540 e. The van der Waals surface area contributed by atoms with Gasteiger partial charge in [0.2, 0.25) is 0 Å². The number of nitrogens with zero attached hydrogens (tertiary/aromatic N) is 1. The first-order chi connectivity index (χ1) is 34.7. The van der Waals surface area contributed by atoms with Gasteiger partial charge in [0, 0.05) is 27.0 Å². The van der Waals surface area contributed by atoms with Crippen LogP contribution >= 0.6 is 0 Å². The monoisotopic (exact) mass is 927 g/mol. The summed E-state index contributed by atoms with van der Waals surface area (Å²) in [5.74, 6) is 0. The van der Waals surface area contributed by atoms with E-state index in [0.717, 1.165) is 12.8 Å². The molecule has 14 rings (SSSR count). The number of para-hydroxylation sites is 1. The fourth-order valence-corrected chi connectivity index (χ4v) is 14.6. The van der Waals surface area contributed by atoms with Crippen molar-refractivity contribution in [3.63, 3.8) is 0 Å².